The second-order valence-electron chi connectivity index (χ2n) is 4.90. The van der Waals surface area contributed by atoms with Crippen LogP contribution < -0.4 is 5.32 Å². The maximum absolute atomic E-state index is 13.4. The summed E-state index contributed by atoms with van der Waals surface area (Å²) in [5.41, 5.74) is 5.77. The van der Waals surface area contributed by atoms with Gasteiger partial charge in [-0.25, -0.2) is 4.39 Å². The summed E-state index contributed by atoms with van der Waals surface area (Å²) in [6.45, 7) is 7.81. The zero-order valence-corrected chi connectivity index (χ0v) is 11.8. The van der Waals surface area contributed by atoms with Crippen molar-refractivity contribution in [3.63, 3.8) is 0 Å². The minimum absolute atomic E-state index is 0.179. The average molecular weight is 257 g/mol. The highest BCUT2D eigenvalue weighted by atomic mass is 19.1. The Balaban J connectivity index is 2.48. The molecule has 0 heterocycles. The van der Waals surface area contributed by atoms with Gasteiger partial charge < -0.3 is 5.32 Å². The summed E-state index contributed by atoms with van der Waals surface area (Å²) in [5.74, 6) is -0.179. The van der Waals surface area contributed by atoms with Crippen molar-refractivity contribution in [1.29, 1.82) is 0 Å². The minimum Gasteiger partial charge on any atom is -0.313 e. The van der Waals surface area contributed by atoms with Gasteiger partial charge in [-0.1, -0.05) is 36.8 Å². The van der Waals surface area contributed by atoms with E-state index in [1.54, 1.807) is 6.07 Å². The molecule has 2 aromatic rings. The molecule has 2 rings (SSSR count). The van der Waals surface area contributed by atoms with Crippen LogP contribution in [0.15, 0.2) is 36.4 Å². The average Bonchev–Trinajstić information content (AvgIpc) is 2.37. The number of aryl methyl sites for hydroxylation is 2. The summed E-state index contributed by atoms with van der Waals surface area (Å²) in [5, 5.41) is 3.27. The normalized spacial score (nSPS) is 10.7. The van der Waals surface area contributed by atoms with Crippen LogP contribution in [0, 0.1) is 19.7 Å². The highest BCUT2D eigenvalue weighted by molar-refractivity contribution is 5.71. The van der Waals surface area contributed by atoms with E-state index < -0.39 is 0 Å². The van der Waals surface area contributed by atoms with Crippen LogP contribution in [0.1, 0.15) is 23.6 Å². The third-order valence-electron chi connectivity index (χ3n) is 3.30. The Labute approximate surface area is 114 Å². The van der Waals surface area contributed by atoms with Gasteiger partial charge in [-0.05, 0) is 54.8 Å². The third kappa shape index (κ3) is 3.21. The highest BCUT2D eigenvalue weighted by Gasteiger charge is 2.08. The fourth-order valence-corrected chi connectivity index (χ4v) is 2.35. The van der Waals surface area contributed by atoms with Crippen LogP contribution >= 0.6 is 0 Å². The summed E-state index contributed by atoms with van der Waals surface area (Å²) in [7, 11) is 0. The van der Waals surface area contributed by atoms with Gasteiger partial charge in [0.05, 0.1) is 0 Å². The van der Waals surface area contributed by atoms with E-state index in [1.165, 1.54) is 22.8 Å². The molecule has 0 unspecified atom stereocenters. The summed E-state index contributed by atoms with van der Waals surface area (Å²) in [6.07, 6.45) is 0. The standard InChI is InChI=1S/C17H20FN/c1-4-19-11-14-10-15(18)6-8-17(14)16-7-5-12(2)9-13(16)3/h5-10,19H,4,11H2,1-3H3. The fraction of sp³-hybridized carbons (Fsp3) is 0.294. The fourth-order valence-electron chi connectivity index (χ4n) is 2.35. The molecule has 0 saturated heterocycles. The molecule has 0 aliphatic rings. The van der Waals surface area contributed by atoms with Crippen LogP contribution in [-0.4, -0.2) is 6.54 Å². The second kappa shape index (κ2) is 5.98. The minimum atomic E-state index is -0.179. The summed E-state index contributed by atoms with van der Waals surface area (Å²) >= 11 is 0. The molecule has 2 aromatic carbocycles. The van der Waals surface area contributed by atoms with Gasteiger partial charge in [0.1, 0.15) is 5.82 Å². The molecule has 0 spiro atoms. The van der Waals surface area contributed by atoms with Gasteiger partial charge in [0.25, 0.3) is 0 Å². The van der Waals surface area contributed by atoms with Gasteiger partial charge in [-0.2, -0.15) is 0 Å². The van der Waals surface area contributed by atoms with E-state index in [0.717, 1.165) is 17.7 Å². The third-order valence-corrected chi connectivity index (χ3v) is 3.30. The molecule has 0 fully saturated rings. The molecule has 0 aliphatic carbocycles. The van der Waals surface area contributed by atoms with E-state index in [0.29, 0.717) is 6.54 Å². The molecule has 0 aliphatic heterocycles. The lowest BCUT2D eigenvalue weighted by Crippen LogP contribution is -2.12. The molecule has 1 nitrogen and oxygen atoms in total. The number of nitrogens with one attached hydrogen (secondary N) is 1. The quantitative estimate of drug-likeness (QED) is 0.864. The summed E-state index contributed by atoms with van der Waals surface area (Å²) in [6, 6.07) is 11.4. The van der Waals surface area contributed by atoms with Crippen LogP contribution in [0.25, 0.3) is 11.1 Å². The Morgan fingerprint density at radius 1 is 1.00 bits per heavy atom. The van der Waals surface area contributed by atoms with Crippen molar-refractivity contribution in [3.05, 3.63) is 58.9 Å². The van der Waals surface area contributed by atoms with Crippen molar-refractivity contribution in [2.75, 3.05) is 6.54 Å². The Kier molecular flexibility index (Phi) is 4.33. The number of hydrogen-bond acceptors (Lipinski definition) is 1. The molecular formula is C17H20FN. The SMILES string of the molecule is CCNCc1cc(F)ccc1-c1ccc(C)cc1C. The first kappa shape index (κ1) is 13.8. The highest BCUT2D eigenvalue weighted by Crippen LogP contribution is 2.28. The first-order valence-electron chi connectivity index (χ1n) is 6.68. The van der Waals surface area contributed by atoms with E-state index in [-0.39, 0.29) is 5.82 Å². The monoisotopic (exact) mass is 257 g/mol. The Bertz CT molecular complexity index is 575. The van der Waals surface area contributed by atoms with Crippen molar-refractivity contribution in [1.82, 2.24) is 5.32 Å². The van der Waals surface area contributed by atoms with E-state index in [9.17, 15) is 4.39 Å². The molecule has 0 bridgehead atoms. The Morgan fingerprint density at radius 2 is 1.74 bits per heavy atom. The first-order chi connectivity index (χ1) is 9.11. The van der Waals surface area contributed by atoms with Gasteiger partial charge >= 0.3 is 0 Å². The molecule has 2 heteroatoms. The van der Waals surface area contributed by atoms with Crippen molar-refractivity contribution in [3.8, 4) is 11.1 Å². The number of hydrogen-bond donors (Lipinski definition) is 1. The smallest absolute Gasteiger partial charge is 0.123 e. The van der Waals surface area contributed by atoms with Gasteiger partial charge in [0.15, 0.2) is 0 Å². The van der Waals surface area contributed by atoms with Crippen LogP contribution in [-0.2, 0) is 6.54 Å². The Morgan fingerprint density at radius 3 is 2.42 bits per heavy atom. The topological polar surface area (TPSA) is 12.0 Å². The van der Waals surface area contributed by atoms with E-state index in [4.69, 9.17) is 0 Å². The van der Waals surface area contributed by atoms with E-state index >= 15 is 0 Å². The van der Waals surface area contributed by atoms with Gasteiger partial charge in [0, 0.05) is 6.54 Å². The zero-order valence-electron chi connectivity index (χ0n) is 11.8. The maximum Gasteiger partial charge on any atom is 0.123 e. The van der Waals surface area contributed by atoms with Crippen LogP contribution in [0.3, 0.4) is 0 Å². The molecule has 100 valence electrons. The van der Waals surface area contributed by atoms with Gasteiger partial charge in [-0.3, -0.25) is 0 Å². The molecule has 0 saturated carbocycles. The lowest BCUT2D eigenvalue weighted by Gasteiger charge is -2.13. The largest absolute Gasteiger partial charge is 0.313 e. The van der Waals surface area contributed by atoms with Gasteiger partial charge in [0.2, 0.25) is 0 Å². The molecule has 0 aromatic heterocycles. The predicted octanol–water partition coefficient (Wildman–Crippen LogP) is 4.22. The molecule has 0 radical (unpaired) electrons. The van der Waals surface area contributed by atoms with E-state index in [2.05, 4.69) is 44.3 Å². The van der Waals surface area contributed by atoms with Crippen LogP contribution in [0.4, 0.5) is 4.39 Å². The second-order valence-corrected chi connectivity index (χ2v) is 4.90. The predicted molar refractivity (Wildman–Crippen MR) is 78.7 cm³/mol. The van der Waals surface area contributed by atoms with Crippen LogP contribution in [0.5, 0.6) is 0 Å². The molecule has 19 heavy (non-hydrogen) atoms. The first-order valence-corrected chi connectivity index (χ1v) is 6.68. The lowest BCUT2D eigenvalue weighted by atomic mass is 9.94. The number of benzene rings is 2. The molecule has 0 amide bonds. The lowest BCUT2D eigenvalue weighted by molar-refractivity contribution is 0.622. The molecule has 1 N–H and O–H groups in total. The number of halogens is 1. The van der Waals surface area contributed by atoms with Crippen molar-refractivity contribution in [2.24, 2.45) is 0 Å². The van der Waals surface area contributed by atoms with Crippen molar-refractivity contribution >= 4 is 0 Å². The molecular weight excluding hydrogens is 237 g/mol. The van der Waals surface area contributed by atoms with E-state index in [1.807, 2.05) is 6.07 Å². The van der Waals surface area contributed by atoms with Crippen LogP contribution in [0.2, 0.25) is 0 Å². The summed E-state index contributed by atoms with van der Waals surface area (Å²) in [4.78, 5) is 0. The van der Waals surface area contributed by atoms with Crippen molar-refractivity contribution in [2.45, 2.75) is 27.3 Å². The maximum atomic E-state index is 13.4. The van der Waals surface area contributed by atoms with Crippen molar-refractivity contribution < 1.29 is 4.39 Å². The molecule has 0 atom stereocenters. The van der Waals surface area contributed by atoms with Gasteiger partial charge in [-0.15, -0.1) is 0 Å². The summed E-state index contributed by atoms with van der Waals surface area (Å²) < 4.78 is 13.4. The zero-order chi connectivity index (χ0) is 13.8. The Hall–Kier alpha value is -1.67. The number of rotatable bonds is 4.